The maximum atomic E-state index is 10.7. The van der Waals surface area contributed by atoms with Gasteiger partial charge in [-0.25, -0.2) is 9.97 Å². The van der Waals surface area contributed by atoms with Crippen LogP contribution in [0.15, 0.2) is 24.4 Å². The molecule has 1 saturated carbocycles. The summed E-state index contributed by atoms with van der Waals surface area (Å²) < 4.78 is 1.08. The number of hydrogen-bond acceptors (Lipinski definition) is 9. The van der Waals surface area contributed by atoms with E-state index in [2.05, 4.69) is 21.7 Å². The number of aliphatic hydroxyl groups is 2. The summed E-state index contributed by atoms with van der Waals surface area (Å²) >= 11 is 1.61. The fraction of sp³-hybridized carbons (Fsp3) is 0.500. The lowest BCUT2D eigenvalue weighted by molar-refractivity contribution is 0.0613. The van der Waals surface area contributed by atoms with Gasteiger partial charge >= 0.3 is 0 Å². The van der Waals surface area contributed by atoms with Crippen molar-refractivity contribution in [3.63, 3.8) is 0 Å². The highest BCUT2D eigenvalue weighted by molar-refractivity contribution is 7.21. The SMILES string of the molecule is Cc1nc(NCC2(O)CCCC2)nc(N[C@H]2C=C[C@@H](CO)C2)c1-c1nc2c(C)nccc2s1. The Balaban J connectivity index is 1.50. The largest absolute Gasteiger partial charge is 0.396 e. The van der Waals surface area contributed by atoms with E-state index >= 15 is 0 Å². The number of hydrogen-bond donors (Lipinski definition) is 4. The van der Waals surface area contributed by atoms with Crippen LogP contribution in [0, 0.1) is 19.8 Å². The molecule has 174 valence electrons. The Morgan fingerprint density at radius 3 is 2.67 bits per heavy atom. The molecule has 8 nitrogen and oxygen atoms in total. The van der Waals surface area contributed by atoms with Crippen molar-refractivity contribution in [2.24, 2.45) is 5.92 Å². The van der Waals surface area contributed by atoms with Gasteiger partial charge in [-0.15, -0.1) is 11.3 Å². The van der Waals surface area contributed by atoms with Crippen LogP contribution in [0.5, 0.6) is 0 Å². The normalized spacial score (nSPS) is 21.7. The van der Waals surface area contributed by atoms with Crippen LogP contribution >= 0.6 is 11.3 Å². The molecule has 0 saturated heterocycles. The van der Waals surface area contributed by atoms with Crippen LogP contribution in [0.2, 0.25) is 0 Å². The number of pyridine rings is 1. The lowest BCUT2D eigenvalue weighted by Gasteiger charge is -2.23. The van der Waals surface area contributed by atoms with Crippen LogP contribution in [0.3, 0.4) is 0 Å². The Kier molecular flexibility index (Phi) is 6.03. The molecule has 2 aliphatic rings. The third-order valence-electron chi connectivity index (χ3n) is 6.63. The van der Waals surface area contributed by atoms with Gasteiger partial charge < -0.3 is 20.8 Å². The molecule has 0 spiro atoms. The summed E-state index contributed by atoms with van der Waals surface area (Å²) in [6.45, 7) is 4.51. The van der Waals surface area contributed by atoms with Crippen molar-refractivity contribution in [1.29, 1.82) is 0 Å². The molecule has 0 aromatic carbocycles. The zero-order valence-corrected chi connectivity index (χ0v) is 19.8. The minimum atomic E-state index is -0.691. The average molecular weight is 467 g/mol. The lowest BCUT2D eigenvalue weighted by atomic mass is 10.0. The van der Waals surface area contributed by atoms with Gasteiger partial charge in [0.2, 0.25) is 5.95 Å². The van der Waals surface area contributed by atoms with Gasteiger partial charge in [0, 0.05) is 31.3 Å². The molecule has 9 heteroatoms. The van der Waals surface area contributed by atoms with Gasteiger partial charge in [0.1, 0.15) is 16.3 Å². The van der Waals surface area contributed by atoms with E-state index < -0.39 is 5.60 Å². The minimum Gasteiger partial charge on any atom is -0.396 e. The van der Waals surface area contributed by atoms with Crippen molar-refractivity contribution in [2.75, 3.05) is 23.8 Å². The highest BCUT2D eigenvalue weighted by Gasteiger charge is 2.31. The molecule has 0 amide bonds. The summed E-state index contributed by atoms with van der Waals surface area (Å²) in [6, 6.07) is 2.05. The highest BCUT2D eigenvalue weighted by Crippen LogP contribution is 2.38. The smallest absolute Gasteiger partial charge is 0.225 e. The van der Waals surface area contributed by atoms with Gasteiger partial charge in [0.15, 0.2) is 0 Å². The summed E-state index contributed by atoms with van der Waals surface area (Å²) in [5, 5.41) is 27.9. The van der Waals surface area contributed by atoms with E-state index in [9.17, 15) is 10.2 Å². The minimum absolute atomic E-state index is 0.0693. The van der Waals surface area contributed by atoms with Crippen molar-refractivity contribution in [3.05, 3.63) is 35.8 Å². The number of rotatable bonds is 7. The summed E-state index contributed by atoms with van der Waals surface area (Å²) in [5.74, 6) is 1.36. The number of nitrogens with one attached hydrogen (secondary N) is 2. The van der Waals surface area contributed by atoms with E-state index in [1.165, 1.54) is 0 Å². The molecule has 1 fully saturated rings. The zero-order chi connectivity index (χ0) is 23.0. The molecule has 0 unspecified atom stereocenters. The number of aromatic nitrogens is 4. The zero-order valence-electron chi connectivity index (χ0n) is 19.0. The number of fused-ring (bicyclic) bond motifs is 1. The van der Waals surface area contributed by atoms with E-state index in [0.29, 0.717) is 18.3 Å². The van der Waals surface area contributed by atoms with Crippen LogP contribution in [0.25, 0.3) is 20.8 Å². The number of thiazole rings is 1. The fourth-order valence-electron chi connectivity index (χ4n) is 4.75. The molecule has 3 heterocycles. The van der Waals surface area contributed by atoms with Crippen molar-refractivity contribution in [3.8, 4) is 10.6 Å². The second kappa shape index (κ2) is 8.96. The van der Waals surface area contributed by atoms with Gasteiger partial charge in [0.05, 0.1) is 27.3 Å². The second-order valence-electron chi connectivity index (χ2n) is 9.22. The van der Waals surface area contributed by atoms with Crippen LogP contribution < -0.4 is 10.6 Å². The quantitative estimate of drug-likeness (QED) is 0.388. The number of anilines is 2. The molecule has 3 aromatic heterocycles. The molecule has 33 heavy (non-hydrogen) atoms. The Labute approximate surface area is 197 Å². The van der Waals surface area contributed by atoms with Gasteiger partial charge in [-0.2, -0.15) is 4.98 Å². The standard InChI is InChI=1S/C24H30N6O2S/c1-14-19(22-29-20-15(2)25-10-7-18(20)33-22)21(28-17-6-5-16(11-17)12-31)30-23(27-14)26-13-24(32)8-3-4-9-24/h5-7,10,16-17,31-32H,3-4,8-9,11-13H2,1-2H3,(H2,26,27,28,30)/t16-,17+/m1/s1. The topological polar surface area (TPSA) is 116 Å². The van der Waals surface area contributed by atoms with E-state index in [0.717, 1.165) is 64.3 Å². The van der Waals surface area contributed by atoms with Crippen molar-refractivity contribution in [2.45, 2.75) is 57.6 Å². The number of nitrogens with zero attached hydrogens (tertiary/aromatic N) is 4. The predicted octanol–water partition coefficient (Wildman–Crippen LogP) is 3.83. The summed E-state index contributed by atoms with van der Waals surface area (Å²) in [7, 11) is 0. The Hall–Kier alpha value is -2.62. The Bertz CT molecular complexity index is 1190. The molecular formula is C24H30N6O2S. The lowest BCUT2D eigenvalue weighted by Crippen LogP contribution is -2.34. The predicted molar refractivity (Wildman–Crippen MR) is 132 cm³/mol. The molecular weight excluding hydrogens is 436 g/mol. The van der Waals surface area contributed by atoms with Gasteiger partial charge in [-0.05, 0) is 39.2 Å². The van der Waals surface area contributed by atoms with E-state index in [1.54, 1.807) is 17.5 Å². The van der Waals surface area contributed by atoms with E-state index in [4.69, 9.17) is 15.0 Å². The number of aliphatic hydroxyl groups excluding tert-OH is 1. The van der Waals surface area contributed by atoms with Gasteiger partial charge in [-0.3, -0.25) is 4.98 Å². The van der Waals surface area contributed by atoms with Crippen molar-refractivity contribution >= 4 is 33.3 Å². The van der Waals surface area contributed by atoms with E-state index in [1.807, 2.05) is 26.0 Å². The Morgan fingerprint density at radius 1 is 1.12 bits per heavy atom. The molecule has 2 aliphatic carbocycles. The van der Waals surface area contributed by atoms with Crippen LogP contribution in [0.4, 0.5) is 11.8 Å². The van der Waals surface area contributed by atoms with Gasteiger partial charge in [-0.1, -0.05) is 25.0 Å². The second-order valence-corrected chi connectivity index (χ2v) is 10.2. The van der Waals surface area contributed by atoms with Crippen LogP contribution in [-0.4, -0.2) is 54.9 Å². The van der Waals surface area contributed by atoms with Crippen molar-refractivity contribution in [1.82, 2.24) is 19.9 Å². The summed E-state index contributed by atoms with van der Waals surface area (Å²) in [4.78, 5) is 18.8. The van der Waals surface area contributed by atoms with Crippen molar-refractivity contribution < 1.29 is 10.2 Å². The maximum Gasteiger partial charge on any atom is 0.225 e. The molecule has 2 atom stereocenters. The molecule has 3 aromatic rings. The van der Waals surface area contributed by atoms with Crippen LogP contribution in [0.1, 0.15) is 43.5 Å². The summed E-state index contributed by atoms with van der Waals surface area (Å²) in [5.41, 5.74) is 2.80. The summed E-state index contributed by atoms with van der Waals surface area (Å²) in [6.07, 6.45) is 10.5. The first-order chi connectivity index (χ1) is 15.9. The van der Waals surface area contributed by atoms with E-state index in [-0.39, 0.29) is 18.6 Å². The first-order valence-corrected chi connectivity index (χ1v) is 12.4. The average Bonchev–Trinajstić information content (AvgIpc) is 3.53. The monoisotopic (exact) mass is 466 g/mol. The molecule has 5 rings (SSSR count). The molecule has 0 aliphatic heterocycles. The Morgan fingerprint density at radius 2 is 1.94 bits per heavy atom. The highest BCUT2D eigenvalue weighted by atomic mass is 32.1. The van der Waals surface area contributed by atoms with Gasteiger partial charge in [0.25, 0.3) is 0 Å². The maximum absolute atomic E-state index is 10.7. The fourth-order valence-corrected chi connectivity index (χ4v) is 5.86. The molecule has 4 N–H and O–H groups in total. The number of aryl methyl sites for hydroxylation is 2. The molecule has 0 radical (unpaired) electrons. The first-order valence-electron chi connectivity index (χ1n) is 11.6. The first kappa shape index (κ1) is 22.2. The van der Waals surface area contributed by atoms with Crippen LogP contribution in [-0.2, 0) is 0 Å². The molecule has 0 bridgehead atoms. The third-order valence-corrected chi connectivity index (χ3v) is 7.67. The third kappa shape index (κ3) is 4.58.